The Morgan fingerprint density at radius 1 is 1.17 bits per heavy atom. The summed E-state index contributed by atoms with van der Waals surface area (Å²) in [5, 5.41) is 10.4. The molecule has 2 aromatic rings. The highest BCUT2D eigenvalue weighted by Crippen LogP contribution is 2.16. The number of H-pyrrole nitrogens is 1. The summed E-state index contributed by atoms with van der Waals surface area (Å²) in [5.74, 6) is -0.0380. The third-order valence-corrected chi connectivity index (χ3v) is 4.12. The average Bonchev–Trinajstić information content (AvgIpc) is 3.02. The molecule has 0 saturated carbocycles. The van der Waals surface area contributed by atoms with Crippen LogP contribution in [0.5, 0.6) is 0 Å². The van der Waals surface area contributed by atoms with Crippen LogP contribution in [-0.2, 0) is 6.54 Å². The van der Waals surface area contributed by atoms with Gasteiger partial charge in [-0.15, -0.1) is 0 Å². The number of nitrogens with one attached hydrogen (secondary N) is 1. The van der Waals surface area contributed by atoms with E-state index in [4.69, 9.17) is 0 Å². The SMILES string of the molecule is CCN(Cc1ccc(C(=O)N(C)C)[nH]1)CC(O)c1ccc(C)cc1. The van der Waals surface area contributed by atoms with Crippen molar-refractivity contribution in [1.82, 2.24) is 14.8 Å². The molecule has 5 nitrogen and oxygen atoms in total. The first-order valence-electron chi connectivity index (χ1n) is 8.27. The molecule has 0 fully saturated rings. The highest BCUT2D eigenvalue weighted by molar-refractivity contribution is 5.92. The van der Waals surface area contributed by atoms with Gasteiger partial charge in [0.05, 0.1) is 6.10 Å². The van der Waals surface area contributed by atoms with Crippen LogP contribution in [0.25, 0.3) is 0 Å². The predicted octanol–water partition coefficient (Wildman–Crippen LogP) is 2.58. The lowest BCUT2D eigenvalue weighted by molar-refractivity contribution is 0.0821. The molecule has 0 aliphatic carbocycles. The highest BCUT2D eigenvalue weighted by atomic mass is 16.3. The Labute approximate surface area is 143 Å². The van der Waals surface area contributed by atoms with E-state index in [9.17, 15) is 9.90 Å². The fourth-order valence-electron chi connectivity index (χ4n) is 2.58. The normalized spacial score (nSPS) is 12.4. The van der Waals surface area contributed by atoms with Crippen LogP contribution >= 0.6 is 0 Å². The summed E-state index contributed by atoms with van der Waals surface area (Å²) in [7, 11) is 3.47. The van der Waals surface area contributed by atoms with Gasteiger partial charge in [0, 0.05) is 32.9 Å². The van der Waals surface area contributed by atoms with Gasteiger partial charge in [-0.2, -0.15) is 0 Å². The van der Waals surface area contributed by atoms with Gasteiger partial charge < -0.3 is 15.0 Å². The van der Waals surface area contributed by atoms with Crippen LogP contribution in [0.2, 0.25) is 0 Å². The van der Waals surface area contributed by atoms with E-state index >= 15 is 0 Å². The lowest BCUT2D eigenvalue weighted by Crippen LogP contribution is -2.28. The number of hydrogen-bond donors (Lipinski definition) is 2. The Kier molecular flexibility index (Phi) is 6.17. The van der Waals surface area contributed by atoms with Crippen molar-refractivity contribution in [3.63, 3.8) is 0 Å². The van der Waals surface area contributed by atoms with Crippen molar-refractivity contribution >= 4 is 5.91 Å². The molecule has 2 N–H and O–H groups in total. The molecular formula is C19H27N3O2. The Bertz CT molecular complexity index is 662. The van der Waals surface area contributed by atoms with E-state index < -0.39 is 6.10 Å². The van der Waals surface area contributed by atoms with Gasteiger partial charge in [-0.05, 0) is 31.2 Å². The summed E-state index contributed by atoms with van der Waals surface area (Å²) < 4.78 is 0. The summed E-state index contributed by atoms with van der Waals surface area (Å²) in [6.45, 7) is 6.14. The van der Waals surface area contributed by atoms with Crippen LogP contribution in [0.1, 0.15) is 40.3 Å². The topological polar surface area (TPSA) is 59.6 Å². The monoisotopic (exact) mass is 329 g/mol. The second-order valence-corrected chi connectivity index (χ2v) is 6.35. The molecule has 0 bridgehead atoms. The molecule has 1 heterocycles. The fourth-order valence-corrected chi connectivity index (χ4v) is 2.58. The molecule has 24 heavy (non-hydrogen) atoms. The fraction of sp³-hybridized carbons (Fsp3) is 0.421. The average molecular weight is 329 g/mol. The quantitative estimate of drug-likeness (QED) is 0.821. The third kappa shape index (κ3) is 4.69. The number of nitrogens with zero attached hydrogens (tertiary/aromatic N) is 2. The zero-order valence-corrected chi connectivity index (χ0v) is 14.9. The molecule has 0 aliphatic heterocycles. The lowest BCUT2D eigenvalue weighted by Gasteiger charge is -2.23. The number of rotatable bonds is 7. The largest absolute Gasteiger partial charge is 0.387 e. The number of carbonyl (C=O) groups excluding carboxylic acids is 1. The van der Waals surface area contributed by atoms with Crippen molar-refractivity contribution in [3.05, 3.63) is 58.9 Å². The van der Waals surface area contributed by atoms with Gasteiger partial charge in [-0.25, -0.2) is 0 Å². The standard InChI is InChI=1S/C19H27N3O2/c1-5-22(13-18(23)15-8-6-14(2)7-9-15)12-16-10-11-17(20-16)19(24)21(3)4/h6-11,18,20,23H,5,12-13H2,1-4H3. The lowest BCUT2D eigenvalue weighted by atomic mass is 10.1. The second-order valence-electron chi connectivity index (χ2n) is 6.35. The number of aromatic amines is 1. The predicted molar refractivity (Wildman–Crippen MR) is 95.9 cm³/mol. The van der Waals surface area contributed by atoms with Crippen molar-refractivity contribution in [1.29, 1.82) is 0 Å². The van der Waals surface area contributed by atoms with Gasteiger partial charge in [-0.3, -0.25) is 9.69 Å². The maximum absolute atomic E-state index is 11.9. The third-order valence-electron chi connectivity index (χ3n) is 4.12. The molecule has 0 spiro atoms. The van der Waals surface area contributed by atoms with Crippen LogP contribution in [-0.4, -0.2) is 53.0 Å². The van der Waals surface area contributed by atoms with E-state index in [0.717, 1.165) is 17.8 Å². The molecule has 1 aromatic heterocycles. The zero-order chi connectivity index (χ0) is 17.7. The smallest absolute Gasteiger partial charge is 0.269 e. The van der Waals surface area contributed by atoms with Crippen molar-refractivity contribution < 1.29 is 9.90 Å². The van der Waals surface area contributed by atoms with E-state index in [1.54, 1.807) is 19.0 Å². The van der Waals surface area contributed by atoms with E-state index in [0.29, 0.717) is 18.8 Å². The van der Waals surface area contributed by atoms with Crippen LogP contribution in [0, 0.1) is 6.92 Å². The summed E-state index contributed by atoms with van der Waals surface area (Å²) in [6.07, 6.45) is -0.525. The molecule has 1 aromatic carbocycles. The number of hydrogen-bond acceptors (Lipinski definition) is 3. The number of aliphatic hydroxyl groups excluding tert-OH is 1. The van der Waals surface area contributed by atoms with Gasteiger partial charge in [0.2, 0.25) is 0 Å². The maximum atomic E-state index is 11.9. The number of carbonyl (C=O) groups is 1. The Morgan fingerprint density at radius 3 is 2.42 bits per heavy atom. The molecule has 1 unspecified atom stereocenters. The van der Waals surface area contributed by atoms with Crippen molar-refractivity contribution in [2.24, 2.45) is 0 Å². The molecule has 1 atom stereocenters. The summed E-state index contributed by atoms with van der Waals surface area (Å²) in [4.78, 5) is 18.8. The zero-order valence-electron chi connectivity index (χ0n) is 14.9. The number of amides is 1. The molecule has 130 valence electrons. The molecule has 2 rings (SSSR count). The van der Waals surface area contributed by atoms with Gasteiger partial charge in [0.25, 0.3) is 5.91 Å². The second kappa shape index (κ2) is 8.13. The molecule has 0 aliphatic rings. The first-order chi connectivity index (χ1) is 11.4. The molecule has 5 heteroatoms. The van der Waals surface area contributed by atoms with Crippen LogP contribution < -0.4 is 0 Å². The Hall–Kier alpha value is -2.11. The van der Waals surface area contributed by atoms with E-state index in [-0.39, 0.29) is 5.91 Å². The van der Waals surface area contributed by atoms with E-state index in [1.165, 1.54) is 5.56 Å². The van der Waals surface area contributed by atoms with Crippen molar-refractivity contribution in [3.8, 4) is 0 Å². The minimum absolute atomic E-state index is 0.0380. The minimum Gasteiger partial charge on any atom is -0.387 e. The molecule has 0 saturated heterocycles. The highest BCUT2D eigenvalue weighted by Gasteiger charge is 2.15. The first-order valence-corrected chi connectivity index (χ1v) is 8.27. The van der Waals surface area contributed by atoms with Crippen LogP contribution in [0.3, 0.4) is 0 Å². The number of benzene rings is 1. The van der Waals surface area contributed by atoms with Gasteiger partial charge in [0.1, 0.15) is 5.69 Å². The van der Waals surface area contributed by atoms with Crippen LogP contribution in [0.4, 0.5) is 0 Å². The number of aryl methyl sites for hydroxylation is 1. The molecular weight excluding hydrogens is 302 g/mol. The Morgan fingerprint density at radius 2 is 1.83 bits per heavy atom. The van der Waals surface area contributed by atoms with E-state index in [2.05, 4.69) is 16.8 Å². The summed E-state index contributed by atoms with van der Waals surface area (Å²) >= 11 is 0. The first kappa shape index (κ1) is 18.2. The summed E-state index contributed by atoms with van der Waals surface area (Å²) in [6, 6.07) is 11.7. The minimum atomic E-state index is -0.525. The Balaban J connectivity index is 1.99. The molecule has 0 radical (unpaired) electrons. The van der Waals surface area contributed by atoms with E-state index in [1.807, 2.05) is 43.3 Å². The van der Waals surface area contributed by atoms with Gasteiger partial charge in [0.15, 0.2) is 0 Å². The molecule has 1 amide bonds. The summed E-state index contributed by atoms with van der Waals surface area (Å²) in [5.41, 5.74) is 3.67. The number of aromatic nitrogens is 1. The van der Waals surface area contributed by atoms with Gasteiger partial charge >= 0.3 is 0 Å². The van der Waals surface area contributed by atoms with Crippen molar-refractivity contribution in [2.45, 2.75) is 26.5 Å². The van der Waals surface area contributed by atoms with Crippen LogP contribution in [0.15, 0.2) is 36.4 Å². The maximum Gasteiger partial charge on any atom is 0.269 e. The number of aliphatic hydroxyl groups is 1. The van der Waals surface area contributed by atoms with Crippen molar-refractivity contribution in [2.75, 3.05) is 27.2 Å². The number of likely N-dealkylation sites (N-methyl/N-ethyl adjacent to an activating group) is 1. The van der Waals surface area contributed by atoms with Gasteiger partial charge in [-0.1, -0.05) is 36.8 Å².